The Kier molecular flexibility index (Phi) is 1.84. The molecule has 0 heterocycles. The van der Waals surface area contributed by atoms with E-state index < -0.39 is 0 Å². The Morgan fingerprint density at radius 3 is 2.43 bits per heavy atom. The molecule has 3 rings (SSSR count). The number of nitrogens with two attached hydrogens (primary N) is 1. The molecule has 3 aliphatic carbocycles. The molecular weight excluding hydrogens is 174 g/mol. The van der Waals surface area contributed by atoms with E-state index >= 15 is 0 Å². The molecule has 1 spiro atoms. The van der Waals surface area contributed by atoms with Crippen LogP contribution in [0.1, 0.15) is 44.9 Å². The van der Waals surface area contributed by atoms with Crippen LogP contribution >= 0.6 is 0 Å². The highest BCUT2D eigenvalue weighted by Gasteiger charge is 2.49. The van der Waals surface area contributed by atoms with Crippen LogP contribution in [0.25, 0.3) is 0 Å². The summed E-state index contributed by atoms with van der Waals surface area (Å²) in [5.41, 5.74) is 3.54. The molecule has 0 aromatic heterocycles. The van der Waals surface area contributed by atoms with E-state index in [0.29, 0.717) is 12.0 Å². The van der Waals surface area contributed by atoms with Crippen LogP contribution in [0, 0.1) is 11.3 Å². The minimum Gasteiger partial charge on any atom is -0.312 e. The first-order chi connectivity index (χ1) is 6.81. The van der Waals surface area contributed by atoms with Gasteiger partial charge in [-0.15, -0.1) is 0 Å². The molecule has 0 atom stereocenters. The number of nitrogens with one attached hydrogen (secondary N) is 1. The Balaban J connectivity index is 1.59. The molecule has 3 nitrogen and oxygen atoms in total. The number of nitrogens with zero attached hydrogens (tertiary/aromatic N) is 1. The third-order valence-corrected chi connectivity index (χ3v) is 4.18. The van der Waals surface area contributed by atoms with Crippen molar-refractivity contribution in [2.24, 2.45) is 22.2 Å². The molecule has 0 radical (unpaired) electrons. The van der Waals surface area contributed by atoms with Crippen molar-refractivity contribution in [1.82, 2.24) is 5.43 Å². The highest BCUT2D eigenvalue weighted by atomic mass is 15.3. The van der Waals surface area contributed by atoms with Crippen LogP contribution in [-0.4, -0.2) is 11.9 Å². The van der Waals surface area contributed by atoms with Gasteiger partial charge in [0, 0.05) is 5.92 Å². The van der Waals surface area contributed by atoms with E-state index in [1.807, 2.05) is 0 Å². The van der Waals surface area contributed by atoms with Crippen LogP contribution in [-0.2, 0) is 0 Å². The van der Waals surface area contributed by atoms with E-state index in [4.69, 9.17) is 5.84 Å². The average Bonchev–Trinajstić information content (AvgIpc) is 2.80. The molecule has 0 aromatic carbocycles. The number of hydrazine groups is 1. The maximum Gasteiger partial charge on any atom is 0.114 e. The molecule has 3 fully saturated rings. The van der Waals surface area contributed by atoms with Gasteiger partial charge in [-0.05, 0) is 43.9 Å². The quantitative estimate of drug-likeness (QED) is 0.303. The van der Waals surface area contributed by atoms with Crippen LogP contribution in [0.15, 0.2) is 4.99 Å². The van der Waals surface area contributed by atoms with Gasteiger partial charge < -0.3 is 5.43 Å². The van der Waals surface area contributed by atoms with E-state index in [1.54, 1.807) is 0 Å². The van der Waals surface area contributed by atoms with E-state index in [1.165, 1.54) is 44.9 Å². The monoisotopic (exact) mass is 193 g/mol. The number of hydrogen-bond acceptors (Lipinski definition) is 2. The van der Waals surface area contributed by atoms with Gasteiger partial charge in [0.05, 0.1) is 6.04 Å². The molecule has 0 aromatic rings. The van der Waals surface area contributed by atoms with Crippen molar-refractivity contribution in [1.29, 1.82) is 0 Å². The second-order valence-electron chi connectivity index (χ2n) is 5.35. The Hall–Kier alpha value is -0.570. The van der Waals surface area contributed by atoms with Crippen molar-refractivity contribution >= 4 is 5.84 Å². The minimum absolute atomic E-state index is 0.596. The lowest BCUT2D eigenvalue weighted by Crippen LogP contribution is -2.50. The van der Waals surface area contributed by atoms with E-state index in [-0.39, 0.29) is 0 Å². The normalized spacial score (nSPS) is 31.1. The standard InChI is InChI=1S/C11H19N3/c12-14-10(13-9-2-3-9)8-6-11(7-8)4-1-5-11/h8-9H,1-7,12H2,(H,13,14). The zero-order valence-corrected chi connectivity index (χ0v) is 8.63. The molecule has 78 valence electrons. The van der Waals surface area contributed by atoms with Crippen molar-refractivity contribution in [2.75, 3.05) is 0 Å². The van der Waals surface area contributed by atoms with E-state index in [2.05, 4.69) is 10.4 Å². The number of amidine groups is 1. The Labute approximate surface area is 85.1 Å². The van der Waals surface area contributed by atoms with Crippen molar-refractivity contribution < 1.29 is 0 Å². The van der Waals surface area contributed by atoms with E-state index in [9.17, 15) is 0 Å². The summed E-state index contributed by atoms with van der Waals surface area (Å²) < 4.78 is 0. The molecule has 3 heteroatoms. The van der Waals surface area contributed by atoms with Crippen LogP contribution in [0.5, 0.6) is 0 Å². The van der Waals surface area contributed by atoms with Crippen LogP contribution in [0.2, 0.25) is 0 Å². The lowest BCUT2D eigenvalue weighted by atomic mass is 9.51. The highest BCUT2D eigenvalue weighted by molar-refractivity contribution is 5.85. The van der Waals surface area contributed by atoms with Crippen molar-refractivity contribution in [3.05, 3.63) is 0 Å². The third kappa shape index (κ3) is 1.34. The first-order valence-electron chi connectivity index (χ1n) is 5.86. The smallest absolute Gasteiger partial charge is 0.114 e. The van der Waals surface area contributed by atoms with Crippen molar-refractivity contribution in [3.8, 4) is 0 Å². The maximum absolute atomic E-state index is 5.53. The SMILES string of the molecule is NNC(=NC1CC1)C1CC2(CCC2)C1. The van der Waals surface area contributed by atoms with Gasteiger partial charge in [0.2, 0.25) is 0 Å². The van der Waals surface area contributed by atoms with Crippen molar-refractivity contribution in [3.63, 3.8) is 0 Å². The molecule has 0 bridgehead atoms. The second-order valence-corrected chi connectivity index (χ2v) is 5.35. The van der Waals surface area contributed by atoms with E-state index in [0.717, 1.165) is 11.3 Å². The van der Waals surface area contributed by atoms with Gasteiger partial charge in [0.25, 0.3) is 0 Å². The largest absolute Gasteiger partial charge is 0.312 e. The fraction of sp³-hybridized carbons (Fsp3) is 0.909. The first kappa shape index (κ1) is 8.72. The molecule has 3 N–H and O–H groups in total. The summed E-state index contributed by atoms with van der Waals surface area (Å²) in [5, 5.41) is 0. The Morgan fingerprint density at radius 2 is 2.00 bits per heavy atom. The Morgan fingerprint density at radius 1 is 1.29 bits per heavy atom. The zero-order chi connectivity index (χ0) is 9.60. The predicted molar refractivity (Wildman–Crippen MR) is 56.8 cm³/mol. The fourth-order valence-corrected chi connectivity index (χ4v) is 2.92. The minimum atomic E-state index is 0.596. The van der Waals surface area contributed by atoms with Crippen molar-refractivity contribution in [2.45, 2.75) is 51.0 Å². The third-order valence-electron chi connectivity index (χ3n) is 4.18. The number of aliphatic imine (C=N–C) groups is 1. The maximum atomic E-state index is 5.53. The average molecular weight is 193 g/mol. The summed E-state index contributed by atoms with van der Waals surface area (Å²) in [6.07, 6.45) is 9.55. The molecule has 0 unspecified atom stereocenters. The second kappa shape index (κ2) is 2.96. The van der Waals surface area contributed by atoms with Crippen LogP contribution in [0.3, 0.4) is 0 Å². The van der Waals surface area contributed by atoms with Crippen LogP contribution < -0.4 is 11.3 Å². The first-order valence-corrected chi connectivity index (χ1v) is 5.86. The molecule has 0 amide bonds. The highest BCUT2D eigenvalue weighted by Crippen LogP contribution is 2.58. The summed E-state index contributed by atoms with van der Waals surface area (Å²) in [4.78, 5) is 4.63. The van der Waals surface area contributed by atoms with Gasteiger partial charge in [0.15, 0.2) is 0 Å². The molecule has 0 saturated heterocycles. The lowest BCUT2D eigenvalue weighted by Gasteiger charge is -2.54. The van der Waals surface area contributed by atoms with Gasteiger partial charge in [0.1, 0.15) is 5.84 Å². The summed E-state index contributed by atoms with van der Waals surface area (Å²) in [6.45, 7) is 0. The van der Waals surface area contributed by atoms with Gasteiger partial charge in [-0.2, -0.15) is 0 Å². The fourth-order valence-electron chi connectivity index (χ4n) is 2.92. The van der Waals surface area contributed by atoms with Crippen LogP contribution in [0.4, 0.5) is 0 Å². The molecule has 3 aliphatic rings. The summed E-state index contributed by atoms with van der Waals surface area (Å²) >= 11 is 0. The van der Waals surface area contributed by atoms with Gasteiger partial charge >= 0.3 is 0 Å². The summed E-state index contributed by atoms with van der Waals surface area (Å²) in [5.74, 6) is 7.27. The molecule has 14 heavy (non-hydrogen) atoms. The molecular formula is C11H19N3. The van der Waals surface area contributed by atoms with Gasteiger partial charge in [-0.1, -0.05) is 6.42 Å². The van der Waals surface area contributed by atoms with Gasteiger partial charge in [-0.3, -0.25) is 4.99 Å². The number of rotatable bonds is 2. The Bertz CT molecular complexity index is 256. The predicted octanol–water partition coefficient (Wildman–Crippen LogP) is 1.59. The summed E-state index contributed by atoms with van der Waals surface area (Å²) in [6, 6.07) is 0.596. The zero-order valence-electron chi connectivity index (χ0n) is 8.63. The molecule has 3 saturated carbocycles. The summed E-state index contributed by atoms with van der Waals surface area (Å²) in [7, 11) is 0. The topological polar surface area (TPSA) is 50.4 Å². The lowest BCUT2D eigenvalue weighted by molar-refractivity contribution is 0.00232. The molecule has 0 aliphatic heterocycles. The number of hydrogen-bond donors (Lipinski definition) is 2. The van der Waals surface area contributed by atoms with Gasteiger partial charge in [-0.25, -0.2) is 5.84 Å².